The molecular formula is C11H16O4. The van der Waals surface area contributed by atoms with Crippen LogP contribution in [0.2, 0.25) is 0 Å². The SMILES string of the molecule is CCC#CCOC(=O)CCCCC(=O)O. The van der Waals surface area contributed by atoms with E-state index in [1.807, 2.05) is 6.92 Å². The fraction of sp³-hybridized carbons (Fsp3) is 0.636. The Morgan fingerprint density at radius 3 is 2.47 bits per heavy atom. The zero-order valence-corrected chi connectivity index (χ0v) is 8.91. The van der Waals surface area contributed by atoms with Gasteiger partial charge in [-0.25, -0.2) is 0 Å². The molecule has 0 atom stereocenters. The van der Waals surface area contributed by atoms with E-state index >= 15 is 0 Å². The Labute approximate surface area is 89.6 Å². The lowest BCUT2D eigenvalue weighted by Gasteiger charge is -1.99. The molecule has 0 rings (SSSR count). The van der Waals surface area contributed by atoms with E-state index in [2.05, 4.69) is 11.8 Å². The summed E-state index contributed by atoms with van der Waals surface area (Å²) in [5, 5.41) is 8.34. The Kier molecular flexibility index (Phi) is 8.16. The van der Waals surface area contributed by atoms with Crippen LogP contribution in [0.5, 0.6) is 0 Å². The van der Waals surface area contributed by atoms with E-state index < -0.39 is 5.97 Å². The minimum Gasteiger partial charge on any atom is -0.481 e. The molecule has 1 N–H and O–H groups in total. The normalized spacial score (nSPS) is 8.87. The minimum atomic E-state index is -0.836. The van der Waals surface area contributed by atoms with Crippen LogP contribution in [0.4, 0.5) is 0 Å². The van der Waals surface area contributed by atoms with Crippen molar-refractivity contribution in [3.63, 3.8) is 0 Å². The molecule has 4 nitrogen and oxygen atoms in total. The highest BCUT2D eigenvalue weighted by Gasteiger charge is 2.02. The Morgan fingerprint density at radius 1 is 1.20 bits per heavy atom. The van der Waals surface area contributed by atoms with Crippen LogP contribution < -0.4 is 0 Å². The Hall–Kier alpha value is -1.50. The number of rotatable bonds is 6. The molecule has 15 heavy (non-hydrogen) atoms. The molecule has 0 aromatic heterocycles. The van der Waals surface area contributed by atoms with Gasteiger partial charge in [0.1, 0.15) is 0 Å². The maximum absolute atomic E-state index is 11.0. The van der Waals surface area contributed by atoms with Gasteiger partial charge < -0.3 is 9.84 Å². The quantitative estimate of drug-likeness (QED) is 0.412. The summed E-state index contributed by atoms with van der Waals surface area (Å²) in [5.41, 5.74) is 0. The first kappa shape index (κ1) is 13.5. The maximum Gasteiger partial charge on any atom is 0.306 e. The van der Waals surface area contributed by atoms with E-state index in [9.17, 15) is 9.59 Å². The van der Waals surface area contributed by atoms with Crippen LogP contribution >= 0.6 is 0 Å². The molecule has 0 bridgehead atoms. The summed E-state index contributed by atoms with van der Waals surface area (Å²) in [7, 11) is 0. The molecule has 0 radical (unpaired) electrons. The molecule has 0 aliphatic rings. The standard InChI is InChI=1S/C11H16O4/c1-2-3-6-9-15-11(14)8-5-4-7-10(12)13/h2,4-5,7-9H2,1H3,(H,12,13). The Morgan fingerprint density at radius 2 is 1.87 bits per heavy atom. The number of hydrogen-bond donors (Lipinski definition) is 1. The monoisotopic (exact) mass is 212 g/mol. The minimum absolute atomic E-state index is 0.100. The smallest absolute Gasteiger partial charge is 0.306 e. The van der Waals surface area contributed by atoms with Crippen LogP contribution in [-0.4, -0.2) is 23.7 Å². The van der Waals surface area contributed by atoms with Crippen molar-refractivity contribution in [2.24, 2.45) is 0 Å². The molecule has 0 amide bonds. The van der Waals surface area contributed by atoms with E-state index in [0.29, 0.717) is 12.8 Å². The molecule has 0 aliphatic heterocycles. The molecular weight excluding hydrogens is 196 g/mol. The third kappa shape index (κ3) is 10.4. The lowest BCUT2D eigenvalue weighted by atomic mass is 10.2. The van der Waals surface area contributed by atoms with E-state index in [4.69, 9.17) is 9.84 Å². The summed E-state index contributed by atoms with van der Waals surface area (Å²) >= 11 is 0. The highest BCUT2D eigenvalue weighted by molar-refractivity contribution is 5.70. The molecule has 0 aliphatic carbocycles. The second-order valence-electron chi connectivity index (χ2n) is 2.97. The summed E-state index contributed by atoms with van der Waals surface area (Å²) in [5.74, 6) is 4.32. The van der Waals surface area contributed by atoms with Gasteiger partial charge in [0.15, 0.2) is 6.61 Å². The number of hydrogen-bond acceptors (Lipinski definition) is 3. The fourth-order valence-electron chi connectivity index (χ4n) is 0.910. The molecule has 0 heterocycles. The largest absolute Gasteiger partial charge is 0.481 e. The van der Waals surface area contributed by atoms with Gasteiger partial charge in [0, 0.05) is 19.3 Å². The van der Waals surface area contributed by atoms with Gasteiger partial charge in [0.25, 0.3) is 0 Å². The van der Waals surface area contributed by atoms with Crippen LogP contribution in [0.1, 0.15) is 39.0 Å². The van der Waals surface area contributed by atoms with Crippen molar-refractivity contribution in [2.75, 3.05) is 6.61 Å². The topological polar surface area (TPSA) is 63.6 Å². The van der Waals surface area contributed by atoms with E-state index in [0.717, 1.165) is 6.42 Å². The number of esters is 1. The molecule has 84 valence electrons. The van der Waals surface area contributed by atoms with Crippen molar-refractivity contribution in [1.29, 1.82) is 0 Å². The first-order chi connectivity index (χ1) is 7.16. The van der Waals surface area contributed by atoms with Crippen molar-refractivity contribution in [2.45, 2.75) is 39.0 Å². The number of carboxylic acid groups (broad SMARTS) is 1. The molecule has 0 fully saturated rings. The zero-order chi connectivity index (χ0) is 11.5. The summed E-state index contributed by atoms with van der Waals surface area (Å²) < 4.78 is 4.79. The third-order valence-corrected chi connectivity index (χ3v) is 1.63. The second-order valence-corrected chi connectivity index (χ2v) is 2.97. The Balaban J connectivity index is 3.37. The third-order valence-electron chi connectivity index (χ3n) is 1.63. The van der Waals surface area contributed by atoms with Crippen LogP contribution in [0.25, 0.3) is 0 Å². The first-order valence-electron chi connectivity index (χ1n) is 5.00. The second kappa shape index (κ2) is 9.07. The van der Waals surface area contributed by atoms with Gasteiger partial charge in [0.2, 0.25) is 0 Å². The lowest BCUT2D eigenvalue weighted by molar-refractivity contribution is -0.143. The number of unbranched alkanes of at least 4 members (excludes halogenated alkanes) is 1. The van der Waals surface area contributed by atoms with Gasteiger partial charge in [0.05, 0.1) is 0 Å². The van der Waals surface area contributed by atoms with Crippen LogP contribution in [0.15, 0.2) is 0 Å². The van der Waals surface area contributed by atoms with Crippen LogP contribution in [-0.2, 0) is 14.3 Å². The summed E-state index contributed by atoms with van der Waals surface area (Å²) in [6, 6.07) is 0. The predicted octanol–water partition coefficient (Wildman–Crippen LogP) is 1.59. The van der Waals surface area contributed by atoms with Gasteiger partial charge in [-0.2, -0.15) is 0 Å². The molecule has 0 aromatic rings. The number of aliphatic carboxylic acids is 1. The first-order valence-corrected chi connectivity index (χ1v) is 5.00. The fourth-order valence-corrected chi connectivity index (χ4v) is 0.910. The van der Waals surface area contributed by atoms with E-state index in [1.54, 1.807) is 0 Å². The number of ether oxygens (including phenoxy) is 1. The van der Waals surface area contributed by atoms with Gasteiger partial charge in [-0.15, -0.1) is 5.92 Å². The lowest BCUT2D eigenvalue weighted by Crippen LogP contribution is -2.04. The highest BCUT2D eigenvalue weighted by atomic mass is 16.5. The number of carboxylic acids is 1. The van der Waals surface area contributed by atoms with Crippen LogP contribution in [0, 0.1) is 11.8 Å². The van der Waals surface area contributed by atoms with Gasteiger partial charge in [-0.1, -0.05) is 12.8 Å². The van der Waals surface area contributed by atoms with E-state index in [1.165, 1.54) is 0 Å². The van der Waals surface area contributed by atoms with E-state index in [-0.39, 0.29) is 25.4 Å². The summed E-state index contributed by atoms with van der Waals surface area (Å²) in [6.45, 7) is 2.05. The zero-order valence-electron chi connectivity index (χ0n) is 8.91. The predicted molar refractivity (Wildman–Crippen MR) is 55.1 cm³/mol. The van der Waals surface area contributed by atoms with Crippen molar-refractivity contribution in [3.05, 3.63) is 0 Å². The molecule has 0 unspecified atom stereocenters. The van der Waals surface area contributed by atoms with Gasteiger partial charge >= 0.3 is 11.9 Å². The van der Waals surface area contributed by atoms with Crippen molar-refractivity contribution in [3.8, 4) is 11.8 Å². The van der Waals surface area contributed by atoms with Crippen molar-refractivity contribution >= 4 is 11.9 Å². The maximum atomic E-state index is 11.0. The summed E-state index contributed by atoms with van der Waals surface area (Å²) in [4.78, 5) is 21.2. The molecule has 4 heteroatoms. The van der Waals surface area contributed by atoms with Crippen molar-refractivity contribution in [1.82, 2.24) is 0 Å². The van der Waals surface area contributed by atoms with Gasteiger partial charge in [-0.05, 0) is 12.8 Å². The molecule has 0 saturated heterocycles. The Bertz CT molecular complexity index is 259. The van der Waals surface area contributed by atoms with Gasteiger partial charge in [-0.3, -0.25) is 9.59 Å². The average Bonchev–Trinajstić information content (AvgIpc) is 2.19. The molecule has 0 saturated carbocycles. The molecule has 0 aromatic carbocycles. The van der Waals surface area contributed by atoms with Crippen molar-refractivity contribution < 1.29 is 19.4 Å². The average molecular weight is 212 g/mol. The molecule has 0 spiro atoms. The number of carbonyl (C=O) groups excluding carboxylic acids is 1. The summed E-state index contributed by atoms with van der Waals surface area (Å²) in [6.07, 6.45) is 2.16. The number of carbonyl (C=O) groups is 2. The van der Waals surface area contributed by atoms with Crippen LogP contribution in [0.3, 0.4) is 0 Å². The highest BCUT2D eigenvalue weighted by Crippen LogP contribution is 2.00.